The molecule has 21 heavy (non-hydrogen) atoms. The smallest absolute Gasteiger partial charge is 0.247 e. The normalized spacial score (nSPS) is 10.8. The first-order chi connectivity index (χ1) is 10.2. The van der Waals surface area contributed by atoms with Crippen molar-refractivity contribution in [1.82, 2.24) is 14.6 Å². The van der Waals surface area contributed by atoms with E-state index in [0.717, 1.165) is 22.6 Å². The van der Waals surface area contributed by atoms with Gasteiger partial charge in [0.2, 0.25) is 5.95 Å². The Morgan fingerprint density at radius 1 is 1.24 bits per heavy atom. The van der Waals surface area contributed by atoms with E-state index in [9.17, 15) is 0 Å². The van der Waals surface area contributed by atoms with Crippen molar-refractivity contribution < 1.29 is 4.74 Å². The summed E-state index contributed by atoms with van der Waals surface area (Å²) in [6, 6.07) is 11.6. The number of hydrogen-bond donors (Lipinski definition) is 2. The van der Waals surface area contributed by atoms with Gasteiger partial charge in [-0.2, -0.15) is 4.98 Å². The number of benzene rings is 1. The second-order valence-corrected chi connectivity index (χ2v) is 4.73. The van der Waals surface area contributed by atoms with Crippen molar-refractivity contribution in [2.24, 2.45) is 5.73 Å². The van der Waals surface area contributed by atoms with Gasteiger partial charge in [-0.1, -0.05) is 0 Å². The van der Waals surface area contributed by atoms with E-state index in [-0.39, 0.29) is 0 Å². The standard InChI is InChI=1S/C15H17N5O/c1-11-6-8-20-14(10-11)18-15(19-20)17-12-2-4-13(5-3-12)21-9-7-16/h2-6,8,10H,7,9,16H2,1H3,(H,17,19). The SMILES string of the molecule is Cc1ccn2nc(Nc3ccc(OCCN)cc3)nc2c1. The van der Waals surface area contributed by atoms with Crippen LogP contribution in [0.15, 0.2) is 42.6 Å². The van der Waals surface area contributed by atoms with Gasteiger partial charge >= 0.3 is 0 Å². The molecule has 0 atom stereocenters. The van der Waals surface area contributed by atoms with Crippen LogP contribution in [-0.2, 0) is 0 Å². The highest BCUT2D eigenvalue weighted by molar-refractivity contribution is 5.56. The molecule has 108 valence electrons. The zero-order chi connectivity index (χ0) is 14.7. The molecule has 0 saturated heterocycles. The molecule has 0 aliphatic carbocycles. The Labute approximate surface area is 122 Å². The Hall–Kier alpha value is -2.60. The fraction of sp³-hybridized carbons (Fsp3) is 0.200. The molecule has 0 amide bonds. The summed E-state index contributed by atoms with van der Waals surface area (Å²) in [5.74, 6) is 1.36. The molecule has 0 fully saturated rings. The molecule has 3 aromatic rings. The number of anilines is 2. The Bertz CT molecular complexity index is 735. The van der Waals surface area contributed by atoms with Crippen LogP contribution < -0.4 is 15.8 Å². The Morgan fingerprint density at radius 2 is 2.05 bits per heavy atom. The molecule has 0 unspecified atom stereocenters. The van der Waals surface area contributed by atoms with E-state index in [2.05, 4.69) is 15.4 Å². The summed E-state index contributed by atoms with van der Waals surface area (Å²) in [4.78, 5) is 4.43. The van der Waals surface area contributed by atoms with Crippen molar-refractivity contribution in [2.75, 3.05) is 18.5 Å². The lowest BCUT2D eigenvalue weighted by molar-refractivity contribution is 0.328. The van der Waals surface area contributed by atoms with Gasteiger partial charge in [0, 0.05) is 18.4 Å². The van der Waals surface area contributed by atoms with Crippen molar-refractivity contribution in [2.45, 2.75) is 6.92 Å². The van der Waals surface area contributed by atoms with Gasteiger partial charge in [-0.3, -0.25) is 0 Å². The van der Waals surface area contributed by atoms with Crippen LogP contribution in [0.1, 0.15) is 5.56 Å². The van der Waals surface area contributed by atoms with Crippen LogP contribution in [-0.4, -0.2) is 27.7 Å². The first-order valence-electron chi connectivity index (χ1n) is 6.77. The molecule has 2 heterocycles. The van der Waals surface area contributed by atoms with Crippen LogP contribution in [0.2, 0.25) is 0 Å². The summed E-state index contributed by atoms with van der Waals surface area (Å²) in [5, 5.41) is 7.54. The van der Waals surface area contributed by atoms with Gasteiger partial charge in [-0.05, 0) is 48.9 Å². The number of nitrogens with zero attached hydrogens (tertiary/aromatic N) is 3. The number of aryl methyl sites for hydroxylation is 1. The van der Waals surface area contributed by atoms with E-state index < -0.39 is 0 Å². The second-order valence-electron chi connectivity index (χ2n) is 4.73. The molecule has 6 nitrogen and oxygen atoms in total. The van der Waals surface area contributed by atoms with Gasteiger partial charge in [0.05, 0.1) is 0 Å². The van der Waals surface area contributed by atoms with Crippen LogP contribution in [0, 0.1) is 6.92 Å². The molecule has 3 N–H and O–H groups in total. The number of fused-ring (bicyclic) bond motifs is 1. The maximum Gasteiger partial charge on any atom is 0.247 e. The Balaban J connectivity index is 1.75. The summed E-state index contributed by atoms with van der Waals surface area (Å²) in [6.45, 7) is 3.05. The molecule has 0 spiro atoms. The summed E-state index contributed by atoms with van der Waals surface area (Å²) >= 11 is 0. The van der Waals surface area contributed by atoms with Crippen molar-refractivity contribution in [1.29, 1.82) is 0 Å². The second kappa shape index (κ2) is 5.80. The molecule has 0 saturated carbocycles. The molecular weight excluding hydrogens is 266 g/mol. The maximum atomic E-state index is 5.43. The minimum atomic E-state index is 0.505. The van der Waals surface area contributed by atoms with E-state index in [4.69, 9.17) is 10.5 Å². The Kier molecular flexibility index (Phi) is 3.70. The van der Waals surface area contributed by atoms with Gasteiger partial charge in [0.1, 0.15) is 12.4 Å². The average molecular weight is 283 g/mol. The van der Waals surface area contributed by atoms with Crippen molar-refractivity contribution in [3.05, 3.63) is 48.2 Å². The average Bonchev–Trinajstić information content (AvgIpc) is 2.88. The number of pyridine rings is 1. The van der Waals surface area contributed by atoms with Crippen molar-refractivity contribution in [3.8, 4) is 5.75 Å². The number of hydrogen-bond acceptors (Lipinski definition) is 5. The van der Waals surface area contributed by atoms with Gasteiger partial charge in [0.25, 0.3) is 0 Å². The largest absolute Gasteiger partial charge is 0.492 e. The quantitative estimate of drug-likeness (QED) is 0.750. The van der Waals surface area contributed by atoms with E-state index in [1.54, 1.807) is 4.52 Å². The molecule has 0 aliphatic heterocycles. The molecule has 6 heteroatoms. The number of rotatable bonds is 5. The van der Waals surface area contributed by atoms with E-state index >= 15 is 0 Å². The highest BCUT2D eigenvalue weighted by atomic mass is 16.5. The first kappa shape index (κ1) is 13.4. The van der Waals surface area contributed by atoms with Crippen LogP contribution in [0.4, 0.5) is 11.6 Å². The Morgan fingerprint density at radius 3 is 2.81 bits per heavy atom. The fourth-order valence-electron chi connectivity index (χ4n) is 1.98. The van der Waals surface area contributed by atoms with Gasteiger partial charge < -0.3 is 15.8 Å². The lowest BCUT2D eigenvalue weighted by atomic mass is 10.3. The first-order valence-corrected chi connectivity index (χ1v) is 6.77. The molecule has 2 aromatic heterocycles. The van der Waals surface area contributed by atoms with Gasteiger partial charge in [-0.15, -0.1) is 5.10 Å². The predicted molar refractivity (Wildman–Crippen MR) is 82.0 cm³/mol. The van der Waals surface area contributed by atoms with Crippen LogP contribution >= 0.6 is 0 Å². The fourth-order valence-corrected chi connectivity index (χ4v) is 1.98. The monoisotopic (exact) mass is 283 g/mol. The molecule has 0 bridgehead atoms. The highest BCUT2D eigenvalue weighted by Gasteiger charge is 2.04. The third-order valence-electron chi connectivity index (χ3n) is 2.99. The molecule has 3 rings (SSSR count). The van der Waals surface area contributed by atoms with Crippen LogP contribution in [0.3, 0.4) is 0 Å². The number of aromatic nitrogens is 3. The third kappa shape index (κ3) is 3.11. The van der Waals surface area contributed by atoms with Crippen LogP contribution in [0.5, 0.6) is 5.75 Å². The highest BCUT2D eigenvalue weighted by Crippen LogP contribution is 2.18. The topological polar surface area (TPSA) is 77.5 Å². The maximum absolute atomic E-state index is 5.43. The minimum absolute atomic E-state index is 0.505. The van der Waals surface area contributed by atoms with Crippen LogP contribution in [0.25, 0.3) is 5.65 Å². The minimum Gasteiger partial charge on any atom is -0.492 e. The van der Waals surface area contributed by atoms with Gasteiger partial charge in [-0.25, -0.2) is 4.52 Å². The molecular formula is C15H17N5O. The molecule has 1 aromatic carbocycles. The molecule has 0 radical (unpaired) electrons. The summed E-state index contributed by atoms with van der Waals surface area (Å²) in [7, 11) is 0. The number of nitrogens with two attached hydrogens (primary N) is 1. The number of ether oxygens (including phenoxy) is 1. The zero-order valence-electron chi connectivity index (χ0n) is 11.8. The summed E-state index contributed by atoms with van der Waals surface area (Å²) in [6.07, 6.45) is 1.90. The predicted octanol–water partition coefficient (Wildman–Crippen LogP) is 2.12. The molecule has 0 aliphatic rings. The lowest BCUT2D eigenvalue weighted by Crippen LogP contribution is -2.10. The summed E-state index contributed by atoms with van der Waals surface area (Å²) < 4.78 is 7.18. The summed E-state index contributed by atoms with van der Waals surface area (Å²) in [5.41, 5.74) is 8.28. The van der Waals surface area contributed by atoms with E-state index in [1.165, 1.54) is 0 Å². The number of nitrogens with one attached hydrogen (secondary N) is 1. The van der Waals surface area contributed by atoms with Gasteiger partial charge in [0.15, 0.2) is 5.65 Å². The lowest BCUT2D eigenvalue weighted by Gasteiger charge is -2.05. The zero-order valence-corrected chi connectivity index (χ0v) is 11.8. The van der Waals surface area contributed by atoms with Crippen molar-refractivity contribution >= 4 is 17.3 Å². The van der Waals surface area contributed by atoms with Crippen molar-refractivity contribution in [3.63, 3.8) is 0 Å². The third-order valence-corrected chi connectivity index (χ3v) is 2.99. The van der Waals surface area contributed by atoms with E-state index in [1.807, 2.05) is 49.5 Å². The van der Waals surface area contributed by atoms with E-state index in [0.29, 0.717) is 19.1 Å².